The fraction of sp³-hybridized carbons (Fsp3) is 0.500. The van der Waals surface area contributed by atoms with E-state index in [0.717, 1.165) is 49.8 Å². The summed E-state index contributed by atoms with van der Waals surface area (Å²) in [6.45, 7) is 9.39. The Balaban J connectivity index is 1.79. The summed E-state index contributed by atoms with van der Waals surface area (Å²) in [5.74, 6) is 1.74. The van der Waals surface area contributed by atoms with Gasteiger partial charge >= 0.3 is 0 Å². The van der Waals surface area contributed by atoms with Gasteiger partial charge in [0.2, 0.25) is 0 Å². The van der Waals surface area contributed by atoms with Crippen molar-refractivity contribution in [3.8, 4) is 5.75 Å². The van der Waals surface area contributed by atoms with E-state index in [2.05, 4.69) is 65.9 Å². The average Bonchev–Trinajstić information content (AvgIpc) is 3.05. The number of nitrogens with one attached hydrogen (secondary N) is 2. The zero-order chi connectivity index (χ0) is 18.8. The molecule has 2 rings (SSSR count). The molecular weight excluding hydrogens is 326 g/mol. The highest BCUT2D eigenvalue weighted by atomic mass is 16.5. The smallest absolute Gasteiger partial charge is 0.191 e. The molecule has 0 spiro atoms. The van der Waals surface area contributed by atoms with E-state index in [1.165, 1.54) is 11.1 Å². The van der Waals surface area contributed by atoms with Crippen LogP contribution in [0.5, 0.6) is 5.75 Å². The molecule has 0 saturated carbocycles. The van der Waals surface area contributed by atoms with Crippen molar-refractivity contribution in [1.82, 2.24) is 20.4 Å². The summed E-state index contributed by atoms with van der Waals surface area (Å²) in [5, 5.41) is 11.0. The third-order valence-corrected chi connectivity index (χ3v) is 3.97. The normalized spacial score (nSPS) is 11.5. The summed E-state index contributed by atoms with van der Waals surface area (Å²) in [6.07, 6.45) is 5.92. The fourth-order valence-electron chi connectivity index (χ4n) is 2.59. The number of ether oxygens (including phenoxy) is 1. The molecule has 0 atom stereocenters. The Morgan fingerprint density at radius 1 is 1.23 bits per heavy atom. The zero-order valence-electron chi connectivity index (χ0n) is 16.4. The van der Waals surface area contributed by atoms with E-state index in [1.54, 1.807) is 7.05 Å². The van der Waals surface area contributed by atoms with Gasteiger partial charge in [-0.15, -0.1) is 0 Å². The van der Waals surface area contributed by atoms with Crippen molar-refractivity contribution in [1.29, 1.82) is 0 Å². The Morgan fingerprint density at radius 3 is 2.77 bits per heavy atom. The van der Waals surface area contributed by atoms with Crippen molar-refractivity contribution in [2.75, 3.05) is 20.2 Å². The molecule has 26 heavy (non-hydrogen) atoms. The molecule has 0 fully saturated rings. The lowest BCUT2D eigenvalue weighted by atomic mass is 10.1. The summed E-state index contributed by atoms with van der Waals surface area (Å²) in [7, 11) is 1.79. The first-order valence-electron chi connectivity index (χ1n) is 9.28. The van der Waals surface area contributed by atoms with Gasteiger partial charge in [-0.2, -0.15) is 5.10 Å². The van der Waals surface area contributed by atoms with Crippen LogP contribution in [-0.2, 0) is 13.1 Å². The van der Waals surface area contributed by atoms with Crippen molar-refractivity contribution < 1.29 is 4.74 Å². The average molecular weight is 358 g/mol. The SMILES string of the molecule is CCCOc1cc(C)ccc1CNC(=NC)NCCCn1cc(C)cn1. The summed E-state index contributed by atoms with van der Waals surface area (Å²) in [5.41, 5.74) is 3.53. The molecule has 2 aromatic rings. The Hall–Kier alpha value is -2.50. The number of aliphatic imine (C=N–C) groups is 1. The predicted molar refractivity (Wildman–Crippen MR) is 107 cm³/mol. The van der Waals surface area contributed by atoms with E-state index >= 15 is 0 Å². The van der Waals surface area contributed by atoms with E-state index in [4.69, 9.17) is 4.74 Å². The van der Waals surface area contributed by atoms with Gasteiger partial charge in [0.15, 0.2) is 5.96 Å². The van der Waals surface area contributed by atoms with Crippen LogP contribution in [0.15, 0.2) is 35.6 Å². The van der Waals surface area contributed by atoms with E-state index < -0.39 is 0 Å². The van der Waals surface area contributed by atoms with Gasteiger partial charge in [-0.3, -0.25) is 9.67 Å². The maximum absolute atomic E-state index is 5.87. The molecule has 6 heteroatoms. The van der Waals surface area contributed by atoms with Gasteiger partial charge in [0.1, 0.15) is 5.75 Å². The predicted octanol–water partition coefficient (Wildman–Crippen LogP) is 3.04. The van der Waals surface area contributed by atoms with E-state index in [-0.39, 0.29) is 0 Å². The second kappa shape index (κ2) is 10.5. The Morgan fingerprint density at radius 2 is 2.08 bits per heavy atom. The molecule has 0 saturated heterocycles. The number of nitrogens with zero attached hydrogens (tertiary/aromatic N) is 3. The first-order valence-corrected chi connectivity index (χ1v) is 9.28. The highest BCUT2D eigenvalue weighted by Crippen LogP contribution is 2.20. The third-order valence-electron chi connectivity index (χ3n) is 3.97. The molecule has 1 aromatic carbocycles. The van der Waals surface area contributed by atoms with Gasteiger partial charge < -0.3 is 15.4 Å². The molecule has 1 heterocycles. The standard InChI is InChI=1S/C20H31N5O/c1-5-11-26-19-12-16(2)7-8-18(19)14-23-20(21-4)22-9-6-10-25-15-17(3)13-24-25/h7-8,12-13,15H,5-6,9-11,14H2,1-4H3,(H2,21,22,23). The van der Waals surface area contributed by atoms with Crippen LogP contribution >= 0.6 is 0 Å². The van der Waals surface area contributed by atoms with Gasteiger partial charge in [0.05, 0.1) is 12.8 Å². The molecule has 0 radical (unpaired) electrons. The molecule has 0 aliphatic heterocycles. The molecule has 0 amide bonds. The van der Waals surface area contributed by atoms with Crippen LogP contribution in [0.25, 0.3) is 0 Å². The van der Waals surface area contributed by atoms with Crippen LogP contribution in [0.4, 0.5) is 0 Å². The molecule has 0 unspecified atom stereocenters. The Bertz CT molecular complexity index is 708. The maximum atomic E-state index is 5.87. The lowest BCUT2D eigenvalue weighted by Gasteiger charge is -2.15. The van der Waals surface area contributed by atoms with E-state index in [1.807, 2.05) is 10.9 Å². The van der Waals surface area contributed by atoms with Gasteiger partial charge in [0, 0.05) is 38.4 Å². The highest BCUT2D eigenvalue weighted by molar-refractivity contribution is 5.79. The van der Waals surface area contributed by atoms with Crippen LogP contribution in [0.1, 0.15) is 36.5 Å². The van der Waals surface area contributed by atoms with Gasteiger partial charge in [-0.05, 0) is 43.9 Å². The minimum atomic E-state index is 0.678. The number of aromatic nitrogens is 2. The van der Waals surface area contributed by atoms with Gasteiger partial charge in [-0.25, -0.2) is 0 Å². The van der Waals surface area contributed by atoms with Crippen molar-refractivity contribution >= 4 is 5.96 Å². The van der Waals surface area contributed by atoms with Crippen molar-refractivity contribution in [3.05, 3.63) is 47.3 Å². The molecule has 0 aliphatic carbocycles. The highest BCUT2D eigenvalue weighted by Gasteiger charge is 2.06. The van der Waals surface area contributed by atoms with Crippen LogP contribution < -0.4 is 15.4 Å². The third kappa shape index (κ3) is 6.43. The van der Waals surface area contributed by atoms with Crippen molar-refractivity contribution in [2.24, 2.45) is 4.99 Å². The quantitative estimate of drug-likeness (QED) is 0.411. The lowest BCUT2D eigenvalue weighted by molar-refractivity contribution is 0.313. The second-order valence-electron chi connectivity index (χ2n) is 6.45. The second-order valence-corrected chi connectivity index (χ2v) is 6.45. The lowest BCUT2D eigenvalue weighted by Crippen LogP contribution is -2.37. The summed E-state index contributed by atoms with van der Waals surface area (Å²) >= 11 is 0. The molecule has 6 nitrogen and oxygen atoms in total. The van der Waals surface area contributed by atoms with Gasteiger partial charge in [0.25, 0.3) is 0 Å². The van der Waals surface area contributed by atoms with Crippen LogP contribution in [-0.4, -0.2) is 35.9 Å². The minimum Gasteiger partial charge on any atom is -0.493 e. The molecular formula is C20H31N5O. The Kier molecular flexibility index (Phi) is 7.99. The summed E-state index contributed by atoms with van der Waals surface area (Å²) in [4.78, 5) is 4.29. The topological polar surface area (TPSA) is 63.5 Å². The van der Waals surface area contributed by atoms with Crippen LogP contribution in [0.2, 0.25) is 0 Å². The molecule has 0 bridgehead atoms. The first-order chi connectivity index (χ1) is 12.6. The van der Waals surface area contributed by atoms with Crippen molar-refractivity contribution in [2.45, 2.75) is 46.7 Å². The Labute approximate surface area is 156 Å². The molecule has 2 N–H and O–H groups in total. The molecule has 0 aliphatic rings. The van der Waals surface area contributed by atoms with Gasteiger partial charge in [-0.1, -0.05) is 19.1 Å². The van der Waals surface area contributed by atoms with Crippen molar-refractivity contribution in [3.63, 3.8) is 0 Å². The monoisotopic (exact) mass is 357 g/mol. The molecule has 142 valence electrons. The minimum absolute atomic E-state index is 0.678. The number of guanidine groups is 1. The van der Waals surface area contributed by atoms with Crippen LogP contribution in [0, 0.1) is 13.8 Å². The molecule has 1 aromatic heterocycles. The largest absolute Gasteiger partial charge is 0.493 e. The number of rotatable bonds is 9. The van der Waals surface area contributed by atoms with E-state index in [9.17, 15) is 0 Å². The summed E-state index contributed by atoms with van der Waals surface area (Å²) in [6, 6.07) is 6.31. The number of hydrogen-bond donors (Lipinski definition) is 2. The van der Waals surface area contributed by atoms with Crippen LogP contribution in [0.3, 0.4) is 0 Å². The number of aryl methyl sites for hydroxylation is 3. The number of hydrogen-bond acceptors (Lipinski definition) is 3. The number of benzene rings is 1. The van der Waals surface area contributed by atoms with E-state index in [0.29, 0.717) is 6.54 Å². The zero-order valence-corrected chi connectivity index (χ0v) is 16.4. The fourth-order valence-corrected chi connectivity index (χ4v) is 2.59. The summed E-state index contributed by atoms with van der Waals surface area (Å²) < 4.78 is 7.84. The maximum Gasteiger partial charge on any atom is 0.191 e. The first kappa shape index (κ1) is 19.8.